The first-order valence-electron chi connectivity index (χ1n) is 4.75. The molecule has 0 unspecified atom stereocenters. The Labute approximate surface area is 88.2 Å². The highest BCUT2D eigenvalue weighted by Gasteiger charge is 2.09. The van der Waals surface area contributed by atoms with Crippen molar-refractivity contribution in [1.29, 1.82) is 0 Å². The molecule has 0 fully saturated rings. The Morgan fingerprint density at radius 3 is 2.67 bits per heavy atom. The molecule has 2 rings (SSSR count). The van der Waals surface area contributed by atoms with Gasteiger partial charge >= 0.3 is 0 Å². The summed E-state index contributed by atoms with van der Waals surface area (Å²) in [5.74, 6) is 2.39. The first-order valence-corrected chi connectivity index (χ1v) is 4.75. The molecule has 0 saturated heterocycles. The first kappa shape index (κ1) is 9.64. The van der Waals surface area contributed by atoms with Gasteiger partial charge < -0.3 is 5.32 Å². The lowest BCUT2D eigenvalue weighted by molar-refractivity contribution is 0.819. The molecule has 5 nitrogen and oxygen atoms in total. The summed E-state index contributed by atoms with van der Waals surface area (Å²) in [5.41, 5.74) is 0.992. The highest BCUT2D eigenvalue weighted by atomic mass is 15.3. The third kappa shape index (κ3) is 1.68. The van der Waals surface area contributed by atoms with E-state index in [9.17, 15) is 0 Å². The maximum Gasteiger partial charge on any atom is 0.162 e. The molecule has 0 amide bonds. The summed E-state index contributed by atoms with van der Waals surface area (Å²) in [6.45, 7) is 3.84. The van der Waals surface area contributed by atoms with Crippen molar-refractivity contribution in [3.8, 4) is 5.82 Å². The number of aromatic nitrogens is 4. The maximum atomic E-state index is 4.37. The molecule has 0 saturated carbocycles. The van der Waals surface area contributed by atoms with Gasteiger partial charge in [-0.05, 0) is 19.9 Å². The lowest BCUT2D eigenvalue weighted by Gasteiger charge is -2.10. The van der Waals surface area contributed by atoms with Crippen molar-refractivity contribution < 1.29 is 0 Å². The van der Waals surface area contributed by atoms with Gasteiger partial charge in [-0.2, -0.15) is 5.10 Å². The third-order valence-corrected chi connectivity index (χ3v) is 2.19. The molecule has 0 aliphatic carbocycles. The Morgan fingerprint density at radius 1 is 1.27 bits per heavy atom. The quantitative estimate of drug-likeness (QED) is 0.799. The SMILES string of the molecule is CNc1nc(C)nc(-n2cccn2)c1C. The summed E-state index contributed by atoms with van der Waals surface area (Å²) in [5, 5.41) is 7.21. The topological polar surface area (TPSA) is 55.6 Å². The van der Waals surface area contributed by atoms with Crippen LogP contribution >= 0.6 is 0 Å². The van der Waals surface area contributed by atoms with Gasteiger partial charge in [0.15, 0.2) is 5.82 Å². The number of anilines is 1. The molecule has 1 N–H and O–H groups in total. The van der Waals surface area contributed by atoms with Crippen molar-refractivity contribution in [2.45, 2.75) is 13.8 Å². The molecule has 0 aliphatic heterocycles. The van der Waals surface area contributed by atoms with Crippen LogP contribution in [-0.4, -0.2) is 26.8 Å². The summed E-state index contributed by atoms with van der Waals surface area (Å²) in [6.07, 6.45) is 3.60. The summed E-state index contributed by atoms with van der Waals surface area (Å²) in [7, 11) is 1.85. The van der Waals surface area contributed by atoms with Crippen molar-refractivity contribution in [2.75, 3.05) is 12.4 Å². The van der Waals surface area contributed by atoms with Crippen LogP contribution in [0.3, 0.4) is 0 Å². The van der Waals surface area contributed by atoms with E-state index in [-0.39, 0.29) is 0 Å². The second kappa shape index (κ2) is 3.68. The van der Waals surface area contributed by atoms with Crippen LogP contribution in [0.5, 0.6) is 0 Å². The normalized spacial score (nSPS) is 10.3. The second-order valence-corrected chi connectivity index (χ2v) is 3.27. The number of rotatable bonds is 2. The Morgan fingerprint density at radius 2 is 2.07 bits per heavy atom. The number of nitrogens with one attached hydrogen (secondary N) is 1. The predicted molar refractivity (Wildman–Crippen MR) is 58.2 cm³/mol. The summed E-state index contributed by atoms with van der Waals surface area (Å²) < 4.78 is 1.74. The highest BCUT2D eigenvalue weighted by Crippen LogP contribution is 2.17. The molecule has 78 valence electrons. The van der Waals surface area contributed by atoms with Crippen molar-refractivity contribution in [1.82, 2.24) is 19.7 Å². The van der Waals surface area contributed by atoms with E-state index in [0.717, 1.165) is 23.0 Å². The van der Waals surface area contributed by atoms with E-state index in [1.807, 2.05) is 33.2 Å². The van der Waals surface area contributed by atoms with Gasteiger partial charge in [0, 0.05) is 25.0 Å². The third-order valence-electron chi connectivity index (χ3n) is 2.19. The molecular formula is C10H13N5. The molecule has 0 aliphatic rings. The van der Waals surface area contributed by atoms with Crippen LogP contribution in [0, 0.1) is 13.8 Å². The zero-order chi connectivity index (χ0) is 10.8. The molecule has 2 heterocycles. The molecule has 0 spiro atoms. The number of nitrogens with zero attached hydrogens (tertiary/aromatic N) is 4. The van der Waals surface area contributed by atoms with Gasteiger partial charge in [-0.3, -0.25) is 0 Å². The lowest BCUT2D eigenvalue weighted by Crippen LogP contribution is -2.08. The second-order valence-electron chi connectivity index (χ2n) is 3.27. The van der Waals surface area contributed by atoms with Gasteiger partial charge in [-0.15, -0.1) is 0 Å². The molecule has 0 bridgehead atoms. The molecule has 0 radical (unpaired) electrons. The van der Waals surface area contributed by atoms with Gasteiger partial charge in [-0.25, -0.2) is 14.6 Å². The minimum absolute atomic E-state index is 0.732. The monoisotopic (exact) mass is 203 g/mol. The maximum absolute atomic E-state index is 4.37. The van der Waals surface area contributed by atoms with Crippen LogP contribution < -0.4 is 5.32 Å². The highest BCUT2D eigenvalue weighted by molar-refractivity contribution is 5.50. The number of aryl methyl sites for hydroxylation is 1. The minimum atomic E-state index is 0.732. The fraction of sp³-hybridized carbons (Fsp3) is 0.300. The van der Waals surface area contributed by atoms with Gasteiger partial charge in [-0.1, -0.05) is 0 Å². The van der Waals surface area contributed by atoms with Gasteiger partial charge in [0.1, 0.15) is 11.6 Å². The average molecular weight is 203 g/mol. The summed E-state index contributed by atoms with van der Waals surface area (Å²) >= 11 is 0. The van der Waals surface area contributed by atoms with E-state index in [4.69, 9.17) is 0 Å². The standard InChI is InChI=1S/C10H13N5/c1-7-9(11-3)13-8(2)14-10(7)15-6-4-5-12-15/h4-6H,1-3H3,(H,11,13,14). The van der Waals surface area contributed by atoms with Gasteiger partial charge in [0.05, 0.1) is 0 Å². The smallest absolute Gasteiger partial charge is 0.162 e. The number of hydrogen-bond acceptors (Lipinski definition) is 4. The van der Waals surface area contributed by atoms with Crippen LogP contribution in [-0.2, 0) is 0 Å². The zero-order valence-corrected chi connectivity index (χ0v) is 9.02. The minimum Gasteiger partial charge on any atom is -0.373 e. The molecular weight excluding hydrogens is 190 g/mol. The Bertz CT molecular complexity index is 461. The Kier molecular flexibility index (Phi) is 2.37. The molecule has 2 aromatic heterocycles. The predicted octanol–water partition coefficient (Wildman–Crippen LogP) is 1.32. The van der Waals surface area contributed by atoms with Crippen LogP contribution in [0.2, 0.25) is 0 Å². The van der Waals surface area contributed by atoms with E-state index < -0.39 is 0 Å². The van der Waals surface area contributed by atoms with E-state index >= 15 is 0 Å². The fourth-order valence-electron chi connectivity index (χ4n) is 1.47. The first-order chi connectivity index (χ1) is 7.22. The van der Waals surface area contributed by atoms with Gasteiger partial charge in [0.2, 0.25) is 0 Å². The summed E-state index contributed by atoms with van der Waals surface area (Å²) in [4.78, 5) is 8.67. The molecule has 5 heteroatoms. The van der Waals surface area contributed by atoms with Crippen LogP contribution in [0.15, 0.2) is 18.5 Å². The van der Waals surface area contributed by atoms with Crippen molar-refractivity contribution >= 4 is 5.82 Å². The van der Waals surface area contributed by atoms with Crippen molar-refractivity contribution in [2.24, 2.45) is 0 Å². The molecule has 0 aromatic carbocycles. The van der Waals surface area contributed by atoms with Crippen LogP contribution in [0.25, 0.3) is 5.82 Å². The van der Waals surface area contributed by atoms with Crippen molar-refractivity contribution in [3.05, 3.63) is 29.8 Å². The fourth-order valence-corrected chi connectivity index (χ4v) is 1.47. The van der Waals surface area contributed by atoms with E-state index in [0.29, 0.717) is 0 Å². The van der Waals surface area contributed by atoms with Crippen LogP contribution in [0.1, 0.15) is 11.4 Å². The van der Waals surface area contributed by atoms with Gasteiger partial charge in [0.25, 0.3) is 0 Å². The van der Waals surface area contributed by atoms with Crippen molar-refractivity contribution in [3.63, 3.8) is 0 Å². The molecule has 0 atom stereocenters. The Hall–Kier alpha value is -1.91. The zero-order valence-electron chi connectivity index (χ0n) is 9.02. The average Bonchev–Trinajstić information content (AvgIpc) is 2.74. The van der Waals surface area contributed by atoms with Crippen LogP contribution in [0.4, 0.5) is 5.82 Å². The lowest BCUT2D eigenvalue weighted by atomic mass is 10.3. The molecule has 15 heavy (non-hydrogen) atoms. The van der Waals surface area contributed by atoms with E-state index in [2.05, 4.69) is 20.4 Å². The number of hydrogen-bond donors (Lipinski definition) is 1. The van der Waals surface area contributed by atoms with E-state index in [1.54, 1.807) is 10.9 Å². The molecule has 2 aromatic rings. The largest absolute Gasteiger partial charge is 0.373 e. The van der Waals surface area contributed by atoms with E-state index in [1.165, 1.54) is 0 Å². The summed E-state index contributed by atoms with van der Waals surface area (Å²) in [6, 6.07) is 1.87. The Balaban J connectivity index is 2.61.